The lowest BCUT2D eigenvalue weighted by Gasteiger charge is -2.06. The first-order chi connectivity index (χ1) is 11.3. The van der Waals surface area contributed by atoms with Gasteiger partial charge in [-0.1, -0.05) is 60.7 Å². The van der Waals surface area contributed by atoms with Crippen LogP contribution in [-0.4, -0.2) is 15.0 Å². The Kier molecular flexibility index (Phi) is 3.48. The third-order valence-corrected chi connectivity index (χ3v) is 3.95. The summed E-state index contributed by atoms with van der Waals surface area (Å²) in [6.07, 6.45) is 1.42. The van der Waals surface area contributed by atoms with E-state index in [1.54, 1.807) is 0 Å². The Labute approximate surface area is 138 Å². The van der Waals surface area contributed by atoms with Gasteiger partial charge in [-0.15, -0.1) is 0 Å². The molecular formula is C19H12ClN3. The van der Waals surface area contributed by atoms with Crippen LogP contribution in [0.4, 0.5) is 0 Å². The minimum atomic E-state index is 0.202. The van der Waals surface area contributed by atoms with Crippen LogP contribution < -0.4 is 0 Å². The van der Waals surface area contributed by atoms with Crippen LogP contribution in [0.2, 0.25) is 5.28 Å². The minimum absolute atomic E-state index is 0.202. The van der Waals surface area contributed by atoms with Crippen LogP contribution in [0.3, 0.4) is 0 Å². The van der Waals surface area contributed by atoms with Gasteiger partial charge in [0, 0.05) is 5.56 Å². The Morgan fingerprint density at radius 3 is 2.13 bits per heavy atom. The van der Waals surface area contributed by atoms with Crippen molar-refractivity contribution < 1.29 is 0 Å². The van der Waals surface area contributed by atoms with Gasteiger partial charge in [-0.2, -0.15) is 4.98 Å². The monoisotopic (exact) mass is 317 g/mol. The molecule has 4 rings (SSSR count). The van der Waals surface area contributed by atoms with E-state index in [2.05, 4.69) is 69.5 Å². The van der Waals surface area contributed by atoms with E-state index in [1.165, 1.54) is 22.7 Å². The molecule has 4 heteroatoms. The Morgan fingerprint density at radius 1 is 0.652 bits per heavy atom. The molecule has 0 bridgehead atoms. The Morgan fingerprint density at radius 2 is 1.35 bits per heavy atom. The van der Waals surface area contributed by atoms with Crippen molar-refractivity contribution in [2.24, 2.45) is 0 Å². The molecule has 4 aromatic rings. The SMILES string of the molecule is Clc1ncnc(-c2ccc(-c3ccc4ccccc4c3)cc2)n1. The van der Waals surface area contributed by atoms with Gasteiger partial charge in [0.05, 0.1) is 0 Å². The summed E-state index contributed by atoms with van der Waals surface area (Å²) in [5.41, 5.74) is 3.25. The number of aromatic nitrogens is 3. The minimum Gasteiger partial charge on any atom is -0.216 e. The van der Waals surface area contributed by atoms with Crippen LogP contribution in [0.5, 0.6) is 0 Å². The average Bonchev–Trinajstić information content (AvgIpc) is 2.61. The molecule has 0 fully saturated rings. The first-order valence-corrected chi connectivity index (χ1v) is 7.61. The summed E-state index contributed by atoms with van der Waals surface area (Å²) in [4.78, 5) is 12.1. The van der Waals surface area contributed by atoms with Gasteiger partial charge in [-0.05, 0) is 39.6 Å². The number of halogens is 1. The summed E-state index contributed by atoms with van der Waals surface area (Å²) in [6.45, 7) is 0. The van der Waals surface area contributed by atoms with Gasteiger partial charge >= 0.3 is 0 Å². The molecule has 0 N–H and O–H groups in total. The third-order valence-electron chi connectivity index (χ3n) is 3.77. The van der Waals surface area contributed by atoms with Gasteiger partial charge in [-0.3, -0.25) is 0 Å². The number of hydrogen-bond donors (Lipinski definition) is 0. The fraction of sp³-hybridized carbons (Fsp3) is 0. The van der Waals surface area contributed by atoms with Crippen molar-refractivity contribution in [1.82, 2.24) is 15.0 Å². The van der Waals surface area contributed by atoms with E-state index in [-0.39, 0.29) is 5.28 Å². The lowest BCUT2D eigenvalue weighted by atomic mass is 10.0. The van der Waals surface area contributed by atoms with Crippen molar-refractivity contribution in [2.75, 3.05) is 0 Å². The Balaban J connectivity index is 1.72. The largest absolute Gasteiger partial charge is 0.225 e. The second-order valence-corrected chi connectivity index (χ2v) is 5.56. The van der Waals surface area contributed by atoms with Crippen LogP contribution in [0, 0.1) is 0 Å². The van der Waals surface area contributed by atoms with Crippen molar-refractivity contribution in [3.63, 3.8) is 0 Å². The molecule has 0 unspecified atom stereocenters. The number of nitrogens with zero attached hydrogens (tertiary/aromatic N) is 3. The van der Waals surface area contributed by atoms with E-state index in [0.29, 0.717) is 5.82 Å². The molecule has 0 radical (unpaired) electrons. The predicted molar refractivity (Wildman–Crippen MR) is 93.2 cm³/mol. The quantitative estimate of drug-likeness (QED) is 0.521. The fourth-order valence-corrected chi connectivity index (χ4v) is 2.72. The molecule has 23 heavy (non-hydrogen) atoms. The highest BCUT2D eigenvalue weighted by molar-refractivity contribution is 6.28. The van der Waals surface area contributed by atoms with E-state index in [4.69, 9.17) is 11.6 Å². The summed E-state index contributed by atoms with van der Waals surface area (Å²) < 4.78 is 0. The van der Waals surface area contributed by atoms with E-state index in [0.717, 1.165) is 11.1 Å². The standard InChI is InChI=1S/C19H12ClN3/c20-19-22-12-21-18(23-19)15-8-5-14(6-9-15)17-10-7-13-3-1-2-4-16(13)11-17/h1-12H. The van der Waals surface area contributed by atoms with Crippen molar-refractivity contribution in [1.29, 1.82) is 0 Å². The summed E-state index contributed by atoms with van der Waals surface area (Å²) in [7, 11) is 0. The average molecular weight is 318 g/mol. The maximum atomic E-state index is 5.82. The van der Waals surface area contributed by atoms with Crippen LogP contribution in [-0.2, 0) is 0 Å². The summed E-state index contributed by atoms with van der Waals surface area (Å²) in [5, 5.41) is 2.68. The molecule has 0 aliphatic carbocycles. The fourth-order valence-electron chi connectivity index (χ4n) is 2.60. The van der Waals surface area contributed by atoms with Gasteiger partial charge in [-0.25, -0.2) is 9.97 Å². The molecule has 0 aliphatic rings. The molecule has 0 aliphatic heterocycles. The van der Waals surface area contributed by atoms with Crippen LogP contribution in [0.15, 0.2) is 73.1 Å². The smallest absolute Gasteiger partial charge is 0.216 e. The highest BCUT2D eigenvalue weighted by Crippen LogP contribution is 2.26. The Hall–Kier alpha value is -2.78. The maximum absolute atomic E-state index is 5.82. The van der Waals surface area contributed by atoms with E-state index in [1.807, 2.05) is 12.1 Å². The van der Waals surface area contributed by atoms with E-state index >= 15 is 0 Å². The van der Waals surface area contributed by atoms with Crippen molar-refractivity contribution in [3.05, 3.63) is 78.3 Å². The molecule has 0 amide bonds. The first kappa shape index (κ1) is 13.9. The molecule has 1 heterocycles. The van der Waals surface area contributed by atoms with Crippen LogP contribution >= 0.6 is 11.6 Å². The highest BCUT2D eigenvalue weighted by Gasteiger charge is 2.04. The first-order valence-electron chi connectivity index (χ1n) is 7.24. The predicted octanol–water partition coefficient (Wildman–Crippen LogP) is 5.01. The molecular weight excluding hydrogens is 306 g/mol. The summed E-state index contributed by atoms with van der Waals surface area (Å²) >= 11 is 5.82. The summed E-state index contributed by atoms with van der Waals surface area (Å²) in [5.74, 6) is 0.579. The molecule has 3 aromatic carbocycles. The second-order valence-electron chi connectivity index (χ2n) is 5.22. The molecule has 3 nitrogen and oxygen atoms in total. The molecule has 1 aromatic heterocycles. The normalized spacial score (nSPS) is 10.8. The lowest BCUT2D eigenvalue weighted by molar-refractivity contribution is 1.06. The van der Waals surface area contributed by atoms with Crippen LogP contribution in [0.25, 0.3) is 33.3 Å². The van der Waals surface area contributed by atoms with Gasteiger partial charge in [0.25, 0.3) is 0 Å². The third kappa shape index (κ3) is 2.79. The zero-order valence-corrected chi connectivity index (χ0v) is 12.9. The van der Waals surface area contributed by atoms with Gasteiger partial charge in [0.2, 0.25) is 5.28 Å². The number of rotatable bonds is 2. The highest BCUT2D eigenvalue weighted by atomic mass is 35.5. The molecule has 0 atom stereocenters. The topological polar surface area (TPSA) is 38.7 Å². The van der Waals surface area contributed by atoms with Crippen molar-refractivity contribution in [2.45, 2.75) is 0 Å². The van der Waals surface area contributed by atoms with E-state index < -0.39 is 0 Å². The number of hydrogen-bond acceptors (Lipinski definition) is 3. The molecule has 0 spiro atoms. The summed E-state index contributed by atoms with van der Waals surface area (Å²) in [6, 6.07) is 23.0. The Bertz CT molecular complexity index is 981. The lowest BCUT2D eigenvalue weighted by Crippen LogP contribution is -1.91. The molecule has 0 saturated heterocycles. The van der Waals surface area contributed by atoms with Crippen molar-refractivity contribution >= 4 is 22.4 Å². The number of benzene rings is 3. The van der Waals surface area contributed by atoms with Gasteiger partial charge in [0.1, 0.15) is 6.33 Å². The van der Waals surface area contributed by atoms with Crippen LogP contribution in [0.1, 0.15) is 0 Å². The van der Waals surface area contributed by atoms with Crippen molar-refractivity contribution in [3.8, 4) is 22.5 Å². The zero-order valence-electron chi connectivity index (χ0n) is 12.1. The van der Waals surface area contributed by atoms with E-state index in [9.17, 15) is 0 Å². The molecule has 110 valence electrons. The zero-order chi connectivity index (χ0) is 15.6. The number of fused-ring (bicyclic) bond motifs is 1. The molecule has 0 saturated carbocycles. The van der Waals surface area contributed by atoms with Gasteiger partial charge in [0.15, 0.2) is 5.82 Å². The second kappa shape index (κ2) is 5.78. The van der Waals surface area contributed by atoms with Gasteiger partial charge < -0.3 is 0 Å². The maximum Gasteiger partial charge on any atom is 0.225 e.